The number of halogens is 1. The monoisotopic (exact) mass is 338 g/mol. The Labute approximate surface area is 131 Å². The molecule has 0 amide bonds. The van der Waals surface area contributed by atoms with Gasteiger partial charge in [-0.3, -0.25) is 4.90 Å². The van der Waals surface area contributed by atoms with Crippen molar-refractivity contribution in [2.45, 2.75) is 45.1 Å². The number of likely N-dealkylation sites (tertiary alicyclic amines) is 1. The zero-order valence-corrected chi connectivity index (χ0v) is 14.1. The lowest BCUT2D eigenvalue weighted by Gasteiger charge is -2.30. The molecule has 2 atom stereocenters. The fourth-order valence-electron chi connectivity index (χ4n) is 3.38. The first kappa shape index (κ1) is 16.0. The van der Waals surface area contributed by atoms with E-state index in [1.54, 1.807) is 0 Å². The molecule has 2 rings (SSSR count). The van der Waals surface area contributed by atoms with Crippen molar-refractivity contribution < 1.29 is 0 Å². The molecule has 1 aromatic carbocycles. The molecule has 1 saturated heterocycles. The van der Waals surface area contributed by atoms with Crippen LogP contribution in [0.15, 0.2) is 28.7 Å². The summed E-state index contributed by atoms with van der Waals surface area (Å²) in [6, 6.07) is 9.03. The summed E-state index contributed by atoms with van der Waals surface area (Å²) in [7, 11) is 0. The van der Waals surface area contributed by atoms with Crippen LogP contribution in [-0.4, -0.2) is 24.5 Å². The van der Waals surface area contributed by atoms with E-state index in [-0.39, 0.29) is 0 Å². The molecule has 2 unspecified atom stereocenters. The summed E-state index contributed by atoms with van der Waals surface area (Å²) in [5.74, 6) is 0.924. The number of hydrogen-bond donors (Lipinski definition) is 1. The van der Waals surface area contributed by atoms with Crippen LogP contribution in [-0.2, 0) is 0 Å². The van der Waals surface area contributed by atoms with Crippen molar-refractivity contribution in [3.05, 3.63) is 34.3 Å². The summed E-state index contributed by atoms with van der Waals surface area (Å²) in [4.78, 5) is 2.60. The van der Waals surface area contributed by atoms with Crippen molar-refractivity contribution in [1.82, 2.24) is 4.90 Å². The Bertz CT molecular complexity index is 390. The van der Waals surface area contributed by atoms with Crippen molar-refractivity contribution in [2.24, 2.45) is 11.7 Å². The first-order valence-electron chi connectivity index (χ1n) is 7.94. The van der Waals surface area contributed by atoms with Crippen molar-refractivity contribution in [1.29, 1.82) is 0 Å². The van der Waals surface area contributed by atoms with E-state index in [2.05, 4.69) is 52.0 Å². The van der Waals surface area contributed by atoms with Crippen LogP contribution in [0.4, 0.5) is 0 Å². The summed E-state index contributed by atoms with van der Waals surface area (Å²) in [5, 5.41) is 0. The lowest BCUT2D eigenvalue weighted by molar-refractivity contribution is 0.206. The molecule has 1 aliphatic heterocycles. The van der Waals surface area contributed by atoms with Gasteiger partial charge in [-0.1, -0.05) is 47.8 Å². The van der Waals surface area contributed by atoms with Crippen LogP contribution in [0, 0.1) is 5.92 Å². The molecule has 0 aliphatic carbocycles. The van der Waals surface area contributed by atoms with Gasteiger partial charge in [-0.15, -0.1) is 0 Å². The topological polar surface area (TPSA) is 29.3 Å². The quantitative estimate of drug-likeness (QED) is 0.864. The normalized spacial score (nSPS) is 22.4. The lowest BCUT2D eigenvalue weighted by Crippen LogP contribution is -2.34. The Morgan fingerprint density at radius 3 is 2.65 bits per heavy atom. The van der Waals surface area contributed by atoms with E-state index in [9.17, 15) is 0 Å². The molecule has 0 spiro atoms. The summed E-state index contributed by atoms with van der Waals surface area (Å²) in [6.45, 7) is 5.40. The maximum atomic E-state index is 6.06. The smallest absolute Gasteiger partial charge is 0.0470 e. The second kappa shape index (κ2) is 8.16. The average molecular weight is 339 g/mol. The fraction of sp³-hybridized carbons (Fsp3) is 0.647. The van der Waals surface area contributed by atoms with E-state index in [1.807, 2.05) is 0 Å². The number of hydrogen-bond acceptors (Lipinski definition) is 2. The molecule has 0 saturated carbocycles. The Morgan fingerprint density at radius 1 is 1.25 bits per heavy atom. The van der Waals surface area contributed by atoms with Crippen LogP contribution in [0.3, 0.4) is 0 Å². The second-order valence-electron chi connectivity index (χ2n) is 5.92. The largest absolute Gasteiger partial charge is 0.329 e. The molecular formula is C17H27BrN2. The highest BCUT2D eigenvalue weighted by Crippen LogP contribution is 2.28. The first-order valence-corrected chi connectivity index (χ1v) is 8.73. The van der Waals surface area contributed by atoms with Crippen LogP contribution in [0.25, 0.3) is 0 Å². The molecule has 1 fully saturated rings. The van der Waals surface area contributed by atoms with E-state index in [4.69, 9.17) is 5.73 Å². The van der Waals surface area contributed by atoms with Gasteiger partial charge in [0.25, 0.3) is 0 Å². The number of nitrogens with two attached hydrogens (primary N) is 1. The zero-order chi connectivity index (χ0) is 14.4. The Kier molecular flexibility index (Phi) is 6.53. The molecule has 1 aliphatic rings. The summed E-state index contributed by atoms with van der Waals surface area (Å²) < 4.78 is 1.14. The van der Waals surface area contributed by atoms with E-state index in [0.717, 1.165) is 10.4 Å². The summed E-state index contributed by atoms with van der Waals surface area (Å²) in [5.41, 5.74) is 7.42. The molecule has 20 heavy (non-hydrogen) atoms. The highest BCUT2D eigenvalue weighted by molar-refractivity contribution is 9.10. The van der Waals surface area contributed by atoms with Gasteiger partial charge in [-0.05, 0) is 56.0 Å². The Balaban J connectivity index is 2.02. The van der Waals surface area contributed by atoms with Gasteiger partial charge in [0.1, 0.15) is 0 Å². The Hall–Kier alpha value is -0.380. The van der Waals surface area contributed by atoms with Gasteiger partial charge in [-0.25, -0.2) is 0 Å². The third-order valence-corrected chi connectivity index (χ3v) is 5.03. The summed E-state index contributed by atoms with van der Waals surface area (Å²) in [6.07, 6.45) is 6.75. The predicted molar refractivity (Wildman–Crippen MR) is 89.8 cm³/mol. The minimum atomic E-state index is 0.378. The SMILES string of the molecule is CCCC1CCCN(C(CN)c2ccc(Br)cc2)CC1. The Morgan fingerprint density at radius 2 is 2.00 bits per heavy atom. The first-order chi connectivity index (χ1) is 9.74. The molecule has 112 valence electrons. The fourth-order valence-corrected chi connectivity index (χ4v) is 3.64. The van der Waals surface area contributed by atoms with Gasteiger partial charge in [-0.2, -0.15) is 0 Å². The van der Waals surface area contributed by atoms with E-state index < -0.39 is 0 Å². The van der Waals surface area contributed by atoms with Crippen molar-refractivity contribution in [3.8, 4) is 0 Å². The molecule has 1 heterocycles. The molecule has 2 N–H and O–H groups in total. The van der Waals surface area contributed by atoms with Crippen LogP contribution in [0.2, 0.25) is 0 Å². The average Bonchev–Trinajstić information content (AvgIpc) is 2.68. The van der Waals surface area contributed by atoms with E-state index >= 15 is 0 Å². The number of nitrogens with zero attached hydrogens (tertiary/aromatic N) is 1. The van der Waals surface area contributed by atoms with Crippen LogP contribution in [0.5, 0.6) is 0 Å². The highest BCUT2D eigenvalue weighted by atomic mass is 79.9. The number of benzene rings is 1. The van der Waals surface area contributed by atoms with Gasteiger partial charge in [0.15, 0.2) is 0 Å². The number of rotatable bonds is 5. The minimum absolute atomic E-state index is 0.378. The van der Waals surface area contributed by atoms with E-state index in [0.29, 0.717) is 12.6 Å². The molecule has 3 heteroatoms. The van der Waals surface area contributed by atoms with Gasteiger partial charge in [0, 0.05) is 17.1 Å². The van der Waals surface area contributed by atoms with Crippen molar-refractivity contribution in [2.75, 3.05) is 19.6 Å². The standard InChI is InChI=1S/C17H27BrN2/c1-2-4-14-5-3-11-20(12-10-14)17(13-19)15-6-8-16(18)9-7-15/h6-9,14,17H,2-5,10-13,19H2,1H3. The predicted octanol–water partition coefficient (Wildman–Crippen LogP) is 4.35. The molecule has 0 aromatic heterocycles. The van der Waals surface area contributed by atoms with Gasteiger partial charge < -0.3 is 5.73 Å². The molecule has 1 aromatic rings. The third-order valence-electron chi connectivity index (χ3n) is 4.50. The van der Waals surface area contributed by atoms with Gasteiger partial charge in [0.2, 0.25) is 0 Å². The zero-order valence-electron chi connectivity index (χ0n) is 12.5. The lowest BCUT2D eigenvalue weighted by atomic mass is 9.96. The van der Waals surface area contributed by atoms with Gasteiger partial charge >= 0.3 is 0 Å². The maximum absolute atomic E-state index is 6.06. The summed E-state index contributed by atoms with van der Waals surface area (Å²) >= 11 is 3.51. The highest BCUT2D eigenvalue weighted by Gasteiger charge is 2.23. The van der Waals surface area contributed by atoms with Crippen molar-refractivity contribution >= 4 is 15.9 Å². The van der Waals surface area contributed by atoms with Crippen LogP contribution >= 0.6 is 15.9 Å². The maximum Gasteiger partial charge on any atom is 0.0470 e. The van der Waals surface area contributed by atoms with Gasteiger partial charge in [0.05, 0.1) is 0 Å². The molecule has 0 bridgehead atoms. The second-order valence-corrected chi connectivity index (χ2v) is 6.84. The van der Waals surface area contributed by atoms with Crippen LogP contribution < -0.4 is 5.73 Å². The molecule has 2 nitrogen and oxygen atoms in total. The van der Waals surface area contributed by atoms with Crippen molar-refractivity contribution in [3.63, 3.8) is 0 Å². The third kappa shape index (κ3) is 4.31. The van der Waals surface area contributed by atoms with E-state index in [1.165, 1.54) is 50.8 Å². The van der Waals surface area contributed by atoms with Crippen LogP contribution in [0.1, 0.15) is 50.6 Å². The molecular weight excluding hydrogens is 312 g/mol. The minimum Gasteiger partial charge on any atom is -0.329 e. The molecule has 0 radical (unpaired) electrons.